The summed E-state index contributed by atoms with van der Waals surface area (Å²) < 4.78 is 26.2. The minimum atomic E-state index is -3.32. The van der Waals surface area contributed by atoms with E-state index in [1.54, 1.807) is 0 Å². The second-order valence-electron chi connectivity index (χ2n) is 2.67. The summed E-state index contributed by atoms with van der Waals surface area (Å²) in [5.41, 5.74) is 0. The lowest BCUT2D eigenvalue weighted by Gasteiger charge is -2.05. The van der Waals surface area contributed by atoms with Crippen LogP contribution in [-0.2, 0) is 13.8 Å². The van der Waals surface area contributed by atoms with Gasteiger partial charge >= 0.3 is 0 Å². The first-order valence-electron chi connectivity index (χ1n) is 3.62. The van der Waals surface area contributed by atoms with Crippen LogP contribution in [0.2, 0.25) is 0 Å². The molecule has 3 nitrogen and oxygen atoms in total. The fourth-order valence-electron chi connectivity index (χ4n) is 1.14. The van der Waals surface area contributed by atoms with E-state index in [-0.39, 0.29) is 11.9 Å². The molecule has 1 heterocycles. The van der Waals surface area contributed by atoms with Crippen LogP contribution in [0.5, 0.6) is 0 Å². The molecule has 0 unspecified atom stereocenters. The van der Waals surface area contributed by atoms with Gasteiger partial charge in [-0.1, -0.05) is 0 Å². The number of halogens is 1. The normalized spacial score (nSPS) is 25.7. The largest absolute Gasteiger partial charge is 0.378 e. The monoisotopic (exact) mass is 198 g/mol. The predicted molar refractivity (Wildman–Crippen MR) is 43.2 cm³/mol. The Morgan fingerprint density at radius 3 is 2.73 bits per heavy atom. The third-order valence-corrected chi connectivity index (χ3v) is 2.89. The van der Waals surface area contributed by atoms with E-state index in [1.165, 1.54) is 0 Å². The van der Waals surface area contributed by atoms with Crippen molar-refractivity contribution in [2.24, 2.45) is 0 Å². The van der Waals surface area contributed by atoms with Gasteiger partial charge < -0.3 is 4.74 Å². The first-order valence-corrected chi connectivity index (χ1v) is 6.10. The summed E-state index contributed by atoms with van der Waals surface area (Å²) in [6.07, 6.45) is 2.65. The van der Waals surface area contributed by atoms with Crippen LogP contribution in [0.1, 0.15) is 19.3 Å². The molecule has 0 saturated carbocycles. The average Bonchev–Trinajstić information content (AvgIpc) is 2.32. The molecule has 0 radical (unpaired) electrons. The lowest BCUT2D eigenvalue weighted by atomic mass is 10.2. The van der Waals surface area contributed by atoms with E-state index in [0.717, 1.165) is 19.4 Å². The van der Waals surface area contributed by atoms with Gasteiger partial charge in [-0.05, 0) is 19.3 Å². The van der Waals surface area contributed by atoms with Crippen molar-refractivity contribution in [3.05, 3.63) is 0 Å². The van der Waals surface area contributed by atoms with Gasteiger partial charge in [0.25, 0.3) is 0 Å². The molecule has 0 aromatic rings. The van der Waals surface area contributed by atoms with Crippen molar-refractivity contribution in [1.82, 2.24) is 0 Å². The minimum Gasteiger partial charge on any atom is -0.378 e. The smallest absolute Gasteiger partial charge is 0.232 e. The van der Waals surface area contributed by atoms with Crippen molar-refractivity contribution in [1.29, 1.82) is 0 Å². The van der Waals surface area contributed by atoms with Crippen LogP contribution in [0.15, 0.2) is 0 Å². The molecule has 1 fully saturated rings. The fraction of sp³-hybridized carbons (Fsp3) is 1.00. The van der Waals surface area contributed by atoms with E-state index in [0.29, 0.717) is 6.42 Å². The van der Waals surface area contributed by atoms with Crippen LogP contribution < -0.4 is 0 Å². The van der Waals surface area contributed by atoms with E-state index in [2.05, 4.69) is 0 Å². The van der Waals surface area contributed by atoms with Gasteiger partial charge in [-0.2, -0.15) is 0 Å². The maximum Gasteiger partial charge on any atom is 0.232 e. The Bertz CT molecular complexity index is 206. The molecule has 0 bridgehead atoms. The Morgan fingerprint density at radius 1 is 1.55 bits per heavy atom. The van der Waals surface area contributed by atoms with Gasteiger partial charge in [0.05, 0.1) is 11.9 Å². The van der Waals surface area contributed by atoms with Crippen molar-refractivity contribution >= 4 is 19.7 Å². The molecule has 1 aliphatic heterocycles. The summed E-state index contributed by atoms with van der Waals surface area (Å²) in [7, 11) is 1.71. The molecule has 1 atom stereocenters. The topological polar surface area (TPSA) is 43.4 Å². The molecule has 1 saturated heterocycles. The van der Waals surface area contributed by atoms with Gasteiger partial charge in [0.2, 0.25) is 9.05 Å². The second kappa shape index (κ2) is 3.74. The second-order valence-corrected chi connectivity index (χ2v) is 5.56. The highest BCUT2D eigenvalue weighted by molar-refractivity contribution is 8.13. The molecular weight excluding hydrogens is 188 g/mol. The summed E-state index contributed by atoms with van der Waals surface area (Å²) in [5, 5.41) is 0. The molecule has 0 amide bonds. The predicted octanol–water partition coefficient (Wildman–Crippen LogP) is 1.12. The molecular formula is C6H11ClO3S. The van der Waals surface area contributed by atoms with Crippen molar-refractivity contribution in [3.63, 3.8) is 0 Å². The number of hydrogen-bond acceptors (Lipinski definition) is 3. The molecule has 0 aromatic carbocycles. The molecule has 11 heavy (non-hydrogen) atoms. The summed E-state index contributed by atoms with van der Waals surface area (Å²) in [6.45, 7) is 0.757. The quantitative estimate of drug-likeness (QED) is 0.639. The zero-order valence-corrected chi connectivity index (χ0v) is 7.70. The van der Waals surface area contributed by atoms with Crippen LogP contribution in [0.3, 0.4) is 0 Å². The molecule has 0 aromatic heterocycles. The van der Waals surface area contributed by atoms with Crippen LogP contribution >= 0.6 is 10.7 Å². The summed E-state index contributed by atoms with van der Waals surface area (Å²) in [6, 6.07) is 0. The van der Waals surface area contributed by atoms with Crippen LogP contribution in [0, 0.1) is 0 Å². The van der Waals surface area contributed by atoms with Gasteiger partial charge in [-0.25, -0.2) is 8.42 Å². The highest BCUT2D eigenvalue weighted by Gasteiger charge is 2.17. The van der Waals surface area contributed by atoms with Crippen molar-refractivity contribution < 1.29 is 13.2 Å². The first kappa shape index (κ1) is 9.29. The zero-order valence-electron chi connectivity index (χ0n) is 6.12. The molecule has 1 rings (SSSR count). The van der Waals surface area contributed by atoms with Gasteiger partial charge in [0.15, 0.2) is 0 Å². The van der Waals surface area contributed by atoms with E-state index >= 15 is 0 Å². The van der Waals surface area contributed by atoms with Gasteiger partial charge in [-0.15, -0.1) is 0 Å². The summed E-state index contributed by atoms with van der Waals surface area (Å²) >= 11 is 0. The molecule has 66 valence electrons. The lowest BCUT2D eigenvalue weighted by molar-refractivity contribution is 0.109. The SMILES string of the molecule is O=S(=O)(Cl)CC[C@H]1CCCO1. The van der Waals surface area contributed by atoms with Gasteiger partial charge in [-0.3, -0.25) is 0 Å². The molecule has 5 heteroatoms. The first-order chi connectivity index (χ1) is 5.08. The van der Waals surface area contributed by atoms with E-state index in [4.69, 9.17) is 15.4 Å². The minimum absolute atomic E-state index is 0.0270. The number of ether oxygens (including phenoxy) is 1. The third kappa shape index (κ3) is 3.94. The van der Waals surface area contributed by atoms with Gasteiger partial charge in [0.1, 0.15) is 0 Å². The Hall–Kier alpha value is 0.200. The highest BCUT2D eigenvalue weighted by Crippen LogP contribution is 2.16. The van der Waals surface area contributed by atoms with E-state index < -0.39 is 9.05 Å². The maximum absolute atomic E-state index is 10.5. The average molecular weight is 199 g/mol. The van der Waals surface area contributed by atoms with Crippen molar-refractivity contribution in [2.75, 3.05) is 12.4 Å². The summed E-state index contributed by atoms with van der Waals surface area (Å²) in [5.74, 6) is 0.0270. The Labute approximate surface area is 71.1 Å². The van der Waals surface area contributed by atoms with Crippen LogP contribution in [-0.4, -0.2) is 26.9 Å². The Balaban J connectivity index is 2.22. The third-order valence-electron chi connectivity index (χ3n) is 1.71. The molecule has 0 spiro atoms. The maximum atomic E-state index is 10.5. The summed E-state index contributed by atoms with van der Waals surface area (Å²) in [4.78, 5) is 0. The van der Waals surface area contributed by atoms with Crippen molar-refractivity contribution in [2.45, 2.75) is 25.4 Å². The molecule has 0 aliphatic carbocycles. The van der Waals surface area contributed by atoms with E-state index in [1.807, 2.05) is 0 Å². The molecule has 1 aliphatic rings. The Morgan fingerprint density at radius 2 is 2.27 bits per heavy atom. The zero-order chi connectivity index (χ0) is 8.32. The van der Waals surface area contributed by atoms with Gasteiger partial charge in [0, 0.05) is 17.3 Å². The molecule has 0 N–H and O–H groups in total. The lowest BCUT2D eigenvalue weighted by Crippen LogP contribution is -2.10. The standard InChI is InChI=1S/C6H11ClO3S/c7-11(8,9)5-3-6-2-1-4-10-6/h6H,1-5H2/t6-/m1/s1. The number of rotatable bonds is 3. The van der Waals surface area contributed by atoms with Crippen LogP contribution in [0.25, 0.3) is 0 Å². The van der Waals surface area contributed by atoms with E-state index in [9.17, 15) is 8.42 Å². The van der Waals surface area contributed by atoms with Crippen LogP contribution in [0.4, 0.5) is 0 Å². The Kier molecular flexibility index (Phi) is 3.16. The highest BCUT2D eigenvalue weighted by atomic mass is 35.7. The van der Waals surface area contributed by atoms with Crippen molar-refractivity contribution in [3.8, 4) is 0 Å². The fourth-order valence-corrected chi connectivity index (χ4v) is 1.96. The number of hydrogen-bond donors (Lipinski definition) is 0.